The third-order valence-electron chi connectivity index (χ3n) is 3.49. The molecule has 0 unspecified atom stereocenters. The van der Waals surface area contributed by atoms with Crippen LogP contribution in [0.2, 0.25) is 5.02 Å². The lowest BCUT2D eigenvalue weighted by Gasteiger charge is -2.13. The lowest BCUT2D eigenvalue weighted by molar-refractivity contribution is -0.124. The molecule has 0 saturated carbocycles. The molecule has 0 aromatic heterocycles. The normalized spacial score (nSPS) is 9.90. The number of carbonyl (C=O) groups excluding carboxylic acids is 2. The average molecular weight is 438 g/mol. The zero-order valence-corrected chi connectivity index (χ0v) is 17.4. The van der Waals surface area contributed by atoms with Crippen LogP contribution in [0.5, 0.6) is 17.2 Å². The minimum Gasteiger partial charge on any atom is -0.493 e. The van der Waals surface area contributed by atoms with Gasteiger partial charge in [-0.25, -0.2) is 0 Å². The molecule has 2 amide bonds. The highest BCUT2D eigenvalue weighted by Gasteiger charge is 2.10. The predicted octanol–water partition coefficient (Wildman–Crippen LogP) is 2.14. The number of hydrogen-bond donors (Lipinski definition) is 3. The van der Waals surface area contributed by atoms with E-state index in [1.165, 1.54) is 7.11 Å². The van der Waals surface area contributed by atoms with E-state index in [0.717, 1.165) is 5.56 Å². The van der Waals surface area contributed by atoms with Crippen LogP contribution >= 0.6 is 23.8 Å². The molecule has 0 bridgehead atoms. The van der Waals surface area contributed by atoms with Crippen molar-refractivity contribution in [3.8, 4) is 17.2 Å². The van der Waals surface area contributed by atoms with Crippen molar-refractivity contribution in [3.63, 3.8) is 0 Å². The Hall–Kier alpha value is -3.04. The number of benzene rings is 2. The van der Waals surface area contributed by atoms with Gasteiger partial charge < -0.3 is 14.2 Å². The molecular weight excluding hydrogens is 418 g/mol. The molecule has 0 radical (unpaired) electrons. The van der Waals surface area contributed by atoms with Crippen LogP contribution in [0.4, 0.5) is 0 Å². The smallest absolute Gasteiger partial charge is 0.276 e. The molecule has 154 valence electrons. The molecule has 0 atom stereocenters. The summed E-state index contributed by atoms with van der Waals surface area (Å²) in [6.07, 6.45) is 0. The summed E-state index contributed by atoms with van der Waals surface area (Å²) in [6, 6.07) is 12.0. The van der Waals surface area contributed by atoms with Gasteiger partial charge in [-0.05, 0) is 55.0 Å². The van der Waals surface area contributed by atoms with Crippen molar-refractivity contribution in [2.24, 2.45) is 0 Å². The summed E-state index contributed by atoms with van der Waals surface area (Å²) in [6.45, 7) is 1.28. The molecule has 2 aromatic rings. The van der Waals surface area contributed by atoms with Crippen molar-refractivity contribution >= 4 is 40.7 Å². The average Bonchev–Trinajstić information content (AvgIpc) is 2.70. The van der Waals surface area contributed by atoms with Crippen molar-refractivity contribution < 1.29 is 23.8 Å². The minimum absolute atomic E-state index is 0.0883. The van der Waals surface area contributed by atoms with Crippen molar-refractivity contribution in [2.45, 2.75) is 6.92 Å². The van der Waals surface area contributed by atoms with Gasteiger partial charge in [0.15, 0.2) is 29.8 Å². The van der Waals surface area contributed by atoms with Crippen molar-refractivity contribution in [3.05, 3.63) is 53.1 Å². The zero-order valence-electron chi connectivity index (χ0n) is 15.8. The summed E-state index contributed by atoms with van der Waals surface area (Å²) in [5.74, 6) is 0.474. The van der Waals surface area contributed by atoms with Gasteiger partial charge >= 0.3 is 0 Å². The maximum atomic E-state index is 11.9. The maximum absolute atomic E-state index is 11.9. The highest BCUT2D eigenvalue weighted by atomic mass is 35.5. The van der Waals surface area contributed by atoms with E-state index in [1.54, 1.807) is 42.5 Å². The van der Waals surface area contributed by atoms with Gasteiger partial charge in [0.2, 0.25) is 0 Å². The largest absolute Gasteiger partial charge is 0.493 e. The second-order valence-electron chi connectivity index (χ2n) is 5.69. The van der Waals surface area contributed by atoms with Gasteiger partial charge in [0.1, 0.15) is 5.75 Å². The van der Waals surface area contributed by atoms with Gasteiger partial charge in [0, 0.05) is 5.02 Å². The van der Waals surface area contributed by atoms with Crippen LogP contribution in [-0.4, -0.2) is 37.3 Å². The molecule has 2 aromatic carbocycles. The fraction of sp³-hybridized carbons (Fsp3) is 0.211. The van der Waals surface area contributed by atoms with Gasteiger partial charge in [-0.2, -0.15) is 0 Å². The number of aryl methyl sites for hydroxylation is 1. The molecule has 0 aliphatic carbocycles. The number of thiocarbonyl (C=S) groups is 1. The molecule has 0 aliphatic rings. The first-order chi connectivity index (χ1) is 13.9. The minimum atomic E-state index is -0.504. The Kier molecular flexibility index (Phi) is 8.50. The number of methoxy groups -OCH3 is 1. The summed E-state index contributed by atoms with van der Waals surface area (Å²) in [5.41, 5.74) is 5.54. The van der Waals surface area contributed by atoms with E-state index in [4.69, 9.17) is 38.0 Å². The van der Waals surface area contributed by atoms with Gasteiger partial charge in [0.05, 0.1) is 7.11 Å². The van der Waals surface area contributed by atoms with Crippen LogP contribution in [0.3, 0.4) is 0 Å². The summed E-state index contributed by atoms with van der Waals surface area (Å²) < 4.78 is 15.9. The number of hydrogen-bond acceptors (Lipinski definition) is 6. The zero-order chi connectivity index (χ0) is 21.2. The first-order valence-corrected chi connectivity index (χ1v) is 9.21. The van der Waals surface area contributed by atoms with Crippen molar-refractivity contribution in [2.75, 3.05) is 20.3 Å². The van der Waals surface area contributed by atoms with Gasteiger partial charge in [-0.15, -0.1) is 0 Å². The standard InChI is InChI=1S/C19H20ClN3O5S/c1-12-9-13(20)7-8-14(12)27-11-18(25)22-23-19(29)21-17(24)10-28-16-6-4-3-5-15(16)26-2/h3-9H,10-11H2,1-2H3,(H,22,25)(H2,21,23,24,29). The molecule has 0 heterocycles. The molecular formula is C19H20ClN3O5S. The lowest BCUT2D eigenvalue weighted by Crippen LogP contribution is -2.50. The van der Waals surface area contributed by atoms with Gasteiger partial charge in [-0.1, -0.05) is 23.7 Å². The Bertz CT molecular complexity index is 894. The number of ether oxygens (including phenoxy) is 3. The van der Waals surface area contributed by atoms with Crippen LogP contribution in [0.25, 0.3) is 0 Å². The van der Waals surface area contributed by atoms with E-state index >= 15 is 0 Å². The highest BCUT2D eigenvalue weighted by Crippen LogP contribution is 2.25. The summed E-state index contributed by atoms with van der Waals surface area (Å²) in [5, 5.41) is 2.87. The first kappa shape index (κ1) is 22.3. The van der Waals surface area contributed by atoms with Gasteiger partial charge in [-0.3, -0.25) is 25.8 Å². The van der Waals surface area contributed by atoms with E-state index in [1.807, 2.05) is 6.92 Å². The topological polar surface area (TPSA) is 97.9 Å². The molecule has 0 fully saturated rings. The maximum Gasteiger partial charge on any atom is 0.276 e. The van der Waals surface area contributed by atoms with E-state index in [0.29, 0.717) is 22.3 Å². The van der Waals surface area contributed by atoms with Crippen LogP contribution in [0.1, 0.15) is 5.56 Å². The summed E-state index contributed by atoms with van der Waals surface area (Å²) in [7, 11) is 1.50. The number of rotatable bonds is 7. The molecule has 29 heavy (non-hydrogen) atoms. The van der Waals surface area contributed by atoms with E-state index in [-0.39, 0.29) is 18.3 Å². The second kappa shape index (κ2) is 11.1. The molecule has 0 saturated heterocycles. The number of nitrogens with one attached hydrogen (secondary N) is 3. The molecule has 2 rings (SSSR count). The molecule has 8 nitrogen and oxygen atoms in total. The van der Waals surface area contributed by atoms with E-state index in [9.17, 15) is 9.59 Å². The Morgan fingerprint density at radius 2 is 1.62 bits per heavy atom. The number of amides is 2. The highest BCUT2D eigenvalue weighted by molar-refractivity contribution is 7.80. The monoisotopic (exact) mass is 437 g/mol. The third kappa shape index (κ3) is 7.47. The Morgan fingerprint density at radius 1 is 0.966 bits per heavy atom. The quantitative estimate of drug-likeness (QED) is 0.451. The SMILES string of the molecule is COc1ccccc1OCC(=O)NC(=S)NNC(=O)COc1ccc(Cl)cc1C. The number of halogens is 1. The van der Waals surface area contributed by atoms with Crippen LogP contribution in [-0.2, 0) is 9.59 Å². The first-order valence-electron chi connectivity index (χ1n) is 8.42. The predicted molar refractivity (Wildman–Crippen MR) is 112 cm³/mol. The fourth-order valence-corrected chi connectivity index (χ4v) is 2.55. The number of carbonyl (C=O) groups is 2. The molecule has 10 heteroatoms. The van der Waals surface area contributed by atoms with E-state index in [2.05, 4.69) is 16.2 Å². The number of para-hydroxylation sites is 2. The third-order valence-corrected chi connectivity index (χ3v) is 3.93. The van der Waals surface area contributed by atoms with Crippen molar-refractivity contribution in [1.29, 1.82) is 0 Å². The Balaban J connectivity index is 1.69. The van der Waals surface area contributed by atoms with Crippen LogP contribution in [0.15, 0.2) is 42.5 Å². The van der Waals surface area contributed by atoms with Gasteiger partial charge in [0.25, 0.3) is 11.8 Å². The number of hydrazine groups is 1. The Morgan fingerprint density at radius 3 is 2.31 bits per heavy atom. The summed E-state index contributed by atoms with van der Waals surface area (Å²) >= 11 is 10.8. The molecule has 0 aliphatic heterocycles. The molecule has 3 N–H and O–H groups in total. The second-order valence-corrected chi connectivity index (χ2v) is 6.53. The van der Waals surface area contributed by atoms with E-state index < -0.39 is 11.8 Å². The van der Waals surface area contributed by atoms with Crippen LogP contribution in [0, 0.1) is 6.92 Å². The fourth-order valence-electron chi connectivity index (χ4n) is 2.16. The summed E-state index contributed by atoms with van der Waals surface area (Å²) in [4.78, 5) is 23.7. The molecule has 0 spiro atoms. The Labute approximate surface area is 178 Å². The van der Waals surface area contributed by atoms with Crippen LogP contribution < -0.4 is 30.4 Å². The van der Waals surface area contributed by atoms with Crippen molar-refractivity contribution in [1.82, 2.24) is 16.2 Å². The lowest BCUT2D eigenvalue weighted by atomic mass is 10.2.